The number of rotatable bonds is 3. The lowest BCUT2D eigenvalue weighted by Gasteiger charge is -2.62. The van der Waals surface area contributed by atoms with Crippen LogP contribution in [0.25, 0.3) is 10.9 Å². The Morgan fingerprint density at radius 2 is 2.07 bits per heavy atom. The highest BCUT2D eigenvalue weighted by molar-refractivity contribution is 5.87. The van der Waals surface area contributed by atoms with Gasteiger partial charge in [-0.2, -0.15) is 0 Å². The van der Waals surface area contributed by atoms with E-state index in [0.29, 0.717) is 0 Å². The Morgan fingerprint density at radius 3 is 2.77 bits per heavy atom. The molecule has 0 amide bonds. The van der Waals surface area contributed by atoms with E-state index in [1.807, 2.05) is 6.92 Å². The van der Waals surface area contributed by atoms with E-state index in [9.17, 15) is 9.59 Å². The van der Waals surface area contributed by atoms with Gasteiger partial charge in [-0.1, -0.05) is 29.8 Å². The van der Waals surface area contributed by atoms with Crippen molar-refractivity contribution in [2.24, 2.45) is 18.4 Å². The van der Waals surface area contributed by atoms with E-state index in [0.717, 1.165) is 19.4 Å². The summed E-state index contributed by atoms with van der Waals surface area (Å²) in [5.74, 6) is -0.639. The van der Waals surface area contributed by atoms with Crippen molar-refractivity contribution in [3.05, 3.63) is 47.2 Å². The SMILES string of the molecule is C/C=C1/CN2[C@H]3Cc4c(n(C)c5ccccc45)[C@@H]2C[C@@H]1C3(COC(C)=O)C(=O)OC. The standard InChI is InChI=1S/C24H28N2O4/c1-5-15-12-26-20-11-18(15)24(23(28)29-4,13-30-14(2)27)21(26)10-17-16-8-6-7-9-19(16)25(3)22(17)20/h5-9,18,20-21H,10-13H2,1-4H3/b15-5-/t18-,20-,21-,24?/m0/s1. The van der Waals surface area contributed by atoms with Gasteiger partial charge in [-0.15, -0.1) is 0 Å². The zero-order valence-corrected chi connectivity index (χ0v) is 18.0. The average Bonchev–Trinajstić information content (AvgIpc) is 3.04. The molecular weight excluding hydrogens is 380 g/mol. The van der Waals surface area contributed by atoms with Crippen molar-refractivity contribution in [2.45, 2.75) is 38.8 Å². The summed E-state index contributed by atoms with van der Waals surface area (Å²) in [4.78, 5) is 27.6. The molecule has 6 nitrogen and oxygen atoms in total. The van der Waals surface area contributed by atoms with E-state index in [1.54, 1.807) is 0 Å². The number of nitrogens with zero attached hydrogens (tertiary/aromatic N) is 2. The van der Waals surface area contributed by atoms with Gasteiger partial charge in [-0.3, -0.25) is 14.5 Å². The molecule has 4 aliphatic heterocycles. The largest absolute Gasteiger partial charge is 0.468 e. The zero-order chi connectivity index (χ0) is 21.2. The third-order valence-electron chi connectivity index (χ3n) is 7.71. The quantitative estimate of drug-likeness (QED) is 0.577. The molecule has 6 heteroatoms. The maximum Gasteiger partial charge on any atom is 0.317 e. The number of esters is 2. The minimum Gasteiger partial charge on any atom is -0.468 e. The van der Waals surface area contributed by atoms with Crippen LogP contribution < -0.4 is 0 Å². The molecule has 0 aliphatic carbocycles. The van der Waals surface area contributed by atoms with Crippen LogP contribution in [0.5, 0.6) is 0 Å². The van der Waals surface area contributed by atoms with Gasteiger partial charge in [0, 0.05) is 49.1 Å². The molecule has 0 spiro atoms. The van der Waals surface area contributed by atoms with E-state index in [4.69, 9.17) is 9.47 Å². The number of allylic oxidation sites excluding steroid dienone is 1. The maximum atomic E-state index is 13.4. The van der Waals surface area contributed by atoms with E-state index >= 15 is 0 Å². The second-order valence-electron chi connectivity index (χ2n) is 8.81. The lowest BCUT2D eigenvalue weighted by atomic mass is 9.55. The Balaban J connectivity index is 1.72. The third-order valence-corrected chi connectivity index (χ3v) is 7.71. The van der Waals surface area contributed by atoms with Crippen molar-refractivity contribution in [1.82, 2.24) is 9.47 Å². The number of ether oxygens (including phenoxy) is 2. The highest BCUT2D eigenvalue weighted by Crippen LogP contribution is 2.60. The number of para-hydroxylation sites is 1. The summed E-state index contributed by atoms with van der Waals surface area (Å²) in [7, 11) is 3.59. The van der Waals surface area contributed by atoms with Crippen LogP contribution in [-0.4, -0.2) is 47.7 Å². The number of fused-ring (bicyclic) bond motifs is 4. The van der Waals surface area contributed by atoms with Crippen LogP contribution in [-0.2, 0) is 32.5 Å². The smallest absolute Gasteiger partial charge is 0.317 e. The number of hydrogen-bond acceptors (Lipinski definition) is 5. The molecule has 0 N–H and O–H groups in total. The number of carbonyl (C=O) groups is 2. The van der Waals surface area contributed by atoms with E-state index < -0.39 is 5.41 Å². The molecule has 3 fully saturated rings. The molecule has 30 heavy (non-hydrogen) atoms. The second kappa shape index (κ2) is 6.71. The number of aromatic nitrogens is 1. The van der Waals surface area contributed by atoms with Crippen LogP contribution in [0.2, 0.25) is 0 Å². The van der Waals surface area contributed by atoms with Crippen molar-refractivity contribution >= 4 is 22.8 Å². The summed E-state index contributed by atoms with van der Waals surface area (Å²) in [6.45, 7) is 4.33. The number of piperidine rings is 3. The molecule has 3 saturated heterocycles. The van der Waals surface area contributed by atoms with Crippen LogP contribution >= 0.6 is 0 Å². The van der Waals surface area contributed by atoms with Gasteiger partial charge in [0.25, 0.3) is 0 Å². The van der Waals surface area contributed by atoms with Crippen molar-refractivity contribution in [3.63, 3.8) is 0 Å². The summed E-state index contributed by atoms with van der Waals surface area (Å²) in [6.07, 6.45) is 3.69. The Hall–Kier alpha value is -2.60. The topological polar surface area (TPSA) is 60.8 Å². The fourth-order valence-electron chi connectivity index (χ4n) is 6.47. The highest BCUT2D eigenvalue weighted by atomic mass is 16.5. The van der Waals surface area contributed by atoms with Gasteiger partial charge in [-0.05, 0) is 31.4 Å². The molecule has 0 radical (unpaired) electrons. The molecule has 2 aromatic rings. The van der Waals surface area contributed by atoms with Gasteiger partial charge in [0.2, 0.25) is 0 Å². The normalized spacial score (nSPS) is 32.9. The van der Waals surface area contributed by atoms with Gasteiger partial charge in [-0.25, -0.2) is 0 Å². The predicted molar refractivity (Wildman–Crippen MR) is 113 cm³/mol. The maximum absolute atomic E-state index is 13.4. The Bertz CT molecular complexity index is 1080. The fraction of sp³-hybridized carbons (Fsp3) is 0.500. The first-order valence-electron chi connectivity index (χ1n) is 10.6. The number of hydrogen-bond donors (Lipinski definition) is 0. The van der Waals surface area contributed by atoms with E-state index in [-0.39, 0.29) is 36.5 Å². The van der Waals surface area contributed by atoms with Crippen molar-refractivity contribution in [3.8, 4) is 0 Å². The molecule has 0 saturated carbocycles. The lowest BCUT2D eigenvalue weighted by Crippen LogP contribution is -2.70. The summed E-state index contributed by atoms with van der Waals surface area (Å²) < 4.78 is 13.2. The lowest BCUT2D eigenvalue weighted by molar-refractivity contribution is -0.188. The van der Waals surface area contributed by atoms with Gasteiger partial charge < -0.3 is 14.0 Å². The Morgan fingerprint density at radius 1 is 1.30 bits per heavy atom. The first-order valence-corrected chi connectivity index (χ1v) is 10.6. The monoisotopic (exact) mass is 408 g/mol. The minimum atomic E-state index is -0.883. The number of carbonyl (C=O) groups excluding carboxylic acids is 2. The average molecular weight is 408 g/mol. The molecule has 5 heterocycles. The van der Waals surface area contributed by atoms with Crippen LogP contribution in [0.1, 0.15) is 37.6 Å². The van der Waals surface area contributed by atoms with Crippen LogP contribution in [0.3, 0.4) is 0 Å². The summed E-state index contributed by atoms with van der Waals surface area (Å²) in [5.41, 5.74) is 4.26. The summed E-state index contributed by atoms with van der Waals surface area (Å²) in [5, 5.41) is 1.25. The minimum absolute atomic E-state index is 0.000428. The van der Waals surface area contributed by atoms with Gasteiger partial charge in [0.15, 0.2) is 0 Å². The second-order valence-corrected chi connectivity index (χ2v) is 8.81. The Labute approximate surface area is 176 Å². The first-order chi connectivity index (χ1) is 14.4. The molecule has 2 unspecified atom stereocenters. The Kier molecular flexibility index (Phi) is 4.33. The van der Waals surface area contributed by atoms with Crippen molar-refractivity contribution in [2.75, 3.05) is 20.3 Å². The molecule has 1 aromatic heterocycles. The van der Waals surface area contributed by atoms with Crippen LogP contribution in [0, 0.1) is 11.3 Å². The van der Waals surface area contributed by atoms with Crippen LogP contribution in [0.4, 0.5) is 0 Å². The molecule has 4 aliphatic rings. The highest BCUT2D eigenvalue weighted by Gasteiger charge is 2.65. The van der Waals surface area contributed by atoms with Gasteiger partial charge in [0.05, 0.1) is 13.2 Å². The van der Waals surface area contributed by atoms with E-state index in [2.05, 4.69) is 46.9 Å². The van der Waals surface area contributed by atoms with Gasteiger partial charge >= 0.3 is 11.9 Å². The zero-order valence-electron chi connectivity index (χ0n) is 18.0. The molecule has 5 atom stereocenters. The fourth-order valence-corrected chi connectivity index (χ4v) is 6.47. The van der Waals surface area contributed by atoms with Crippen molar-refractivity contribution < 1.29 is 19.1 Å². The third kappa shape index (κ3) is 2.34. The molecule has 1 aromatic carbocycles. The van der Waals surface area contributed by atoms with Crippen molar-refractivity contribution in [1.29, 1.82) is 0 Å². The molecule has 158 valence electrons. The summed E-state index contributed by atoms with van der Waals surface area (Å²) >= 11 is 0. The summed E-state index contributed by atoms with van der Waals surface area (Å²) in [6, 6.07) is 8.67. The molecule has 6 rings (SSSR count). The molecule has 4 bridgehead atoms. The predicted octanol–water partition coefficient (Wildman–Crippen LogP) is 3.15. The number of methoxy groups -OCH3 is 1. The number of aryl methyl sites for hydroxylation is 1. The molecular formula is C24H28N2O4. The first kappa shape index (κ1) is 19.4. The van der Waals surface area contributed by atoms with E-state index in [1.165, 1.54) is 41.8 Å². The van der Waals surface area contributed by atoms with Gasteiger partial charge in [0.1, 0.15) is 12.0 Å². The van der Waals surface area contributed by atoms with Crippen LogP contribution in [0.15, 0.2) is 35.9 Å². The number of benzene rings is 1.